The van der Waals surface area contributed by atoms with E-state index in [1.165, 1.54) is 6.20 Å². The summed E-state index contributed by atoms with van der Waals surface area (Å²) in [6.45, 7) is 0. The maximum absolute atomic E-state index is 13.8. The fraction of sp³-hybridized carbons (Fsp3) is 0.250. The number of aromatic amines is 1. The molecule has 33 heavy (non-hydrogen) atoms. The van der Waals surface area contributed by atoms with Crippen LogP contribution in [-0.4, -0.2) is 26.8 Å². The topological polar surface area (TPSA) is 102 Å². The number of nitrogens with zero attached hydrogens (tertiary/aromatic N) is 2. The van der Waals surface area contributed by atoms with Crippen molar-refractivity contribution < 1.29 is 13.6 Å². The van der Waals surface area contributed by atoms with Crippen LogP contribution in [0.15, 0.2) is 51.9 Å². The zero-order chi connectivity index (χ0) is 23.3. The van der Waals surface area contributed by atoms with Crippen LogP contribution in [-0.2, 0) is 0 Å². The van der Waals surface area contributed by atoms with Crippen molar-refractivity contribution in [3.8, 4) is 11.3 Å². The van der Waals surface area contributed by atoms with Crippen molar-refractivity contribution in [1.29, 1.82) is 0 Å². The lowest BCUT2D eigenvalue weighted by atomic mass is 9.82. The van der Waals surface area contributed by atoms with Crippen molar-refractivity contribution in [3.63, 3.8) is 0 Å². The molecule has 0 radical (unpaired) electrons. The number of hydrogen-bond acceptors (Lipinski definition) is 4. The van der Waals surface area contributed by atoms with Gasteiger partial charge in [0.2, 0.25) is 11.4 Å². The van der Waals surface area contributed by atoms with Crippen molar-refractivity contribution in [2.75, 3.05) is 0 Å². The van der Waals surface area contributed by atoms with E-state index < -0.39 is 17.3 Å². The van der Waals surface area contributed by atoms with Crippen molar-refractivity contribution in [2.45, 2.75) is 37.5 Å². The first-order chi connectivity index (χ1) is 15.7. The molecule has 0 bridgehead atoms. The summed E-state index contributed by atoms with van der Waals surface area (Å²) in [5, 5.41) is 0.950. The second kappa shape index (κ2) is 7.98. The lowest BCUT2D eigenvalue weighted by molar-refractivity contribution is -0.0384. The van der Waals surface area contributed by atoms with Gasteiger partial charge in [0.25, 0.3) is 5.91 Å². The van der Waals surface area contributed by atoms with Gasteiger partial charge in [-0.25, -0.2) is 8.78 Å². The zero-order valence-corrected chi connectivity index (χ0v) is 19.0. The van der Waals surface area contributed by atoms with E-state index in [0.717, 1.165) is 10.9 Å². The molecule has 0 spiro atoms. The molecule has 0 saturated heterocycles. The predicted molar refractivity (Wildman–Crippen MR) is 125 cm³/mol. The number of primary amides is 1. The first-order valence-corrected chi connectivity index (χ1v) is 11.3. The van der Waals surface area contributed by atoms with Crippen LogP contribution < -0.4 is 11.2 Å². The van der Waals surface area contributed by atoms with Crippen LogP contribution >= 0.6 is 15.9 Å². The highest BCUT2D eigenvalue weighted by Gasteiger charge is 2.37. The minimum atomic E-state index is -2.66. The van der Waals surface area contributed by atoms with Gasteiger partial charge in [-0.05, 0) is 47.0 Å². The highest BCUT2D eigenvalue weighted by molar-refractivity contribution is 9.10. The van der Waals surface area contributed by atoms with Gasteiger partial charge < -0.3 is 10.7 Å². The van der Waals surface area contributed by atoms with Gasteiger partial charge in [-0.15, -0.1) is 0 Å². The molecule has 9 heteroatoms. The van der Waals surface area contributed by atoms with Gasteiger partial charge in [0.05, 0.1) is 32.3 Å². The SMILES string of the molecule is NC(=O)c1nccc2[nH]c(-c3cc4ccccc4nc3C3CCC(F)(F)CC3)c(Br)c(=O)c12. The molecular formula is C24H19BrF2N4O2. The highest BCUT2D eigenvalue weighted by atomic mass is 79.9. The van der Waals surface area contributed by atoms with E-state index in [9.17, 15) is 18.4 Å². The number of benzene rings is 1. The first-order valence-electron chi connectivity index (χ1n) is 10.5. The van der Waals surface area contributed by atoms with Crippen LogP contribution in [0.1, 0.15) is 47.8 Å². The molecule has 1 aromatic carbocycles. The normalized spacial score (nSPS) is 16.3. The monoisotopic (exact) mass is 512 g/mol. The molecule has 1 fully saturated rings. The van der Waals surface area contributed by atoms with Crippen LogP contribution in [0.25, 0.3) is 33.1 Å². The molecule has 4 aromatic rings. The van der Waals surface area contributed by atoms with Gasteiger partial charge in [-0.2, -0.15) is 0 Å². The van der Waals surface area contributed by atoms with Crippen molar-refractivity contribution in [2.24, 2.45) is 5.73 Å². The number of carbonyl (C=O) groups is 1. The maximum atomic E-state index is 13.8. The largest absolute Gasteiger partial charge is 0.364 e. The molecule has 0 atom stereocenters. The Balaban J connectivity index is 1.77. The van der Waals surface area contributed by atoms with E-state index in [4.69, 9.17) is 10.7 Å². The number of nitrogens with one attached hydrogen (secondary N) is 1. The Hall–Kier alpha value is -3.20. The summed E-state index contributed by atoms with van der Waals surface area (Å²) in [6, 6.07) is 11.1. The molecule has 3 heterocycles. The molecule has 3 aromatic heterocycles. The predicted octanol–water partition coefficient (Wildman–Crippen LogP) is 5.29. The molecule has 6 nitrogen and oxygen atoms in total. The fourth-order valence-corrected chi connectivity index (χ4v) is 5.05. The Bertz CT molecular complexity index is 1480. The number of aromatic nitrogens is 3. The average molecular weight is 513 g/mol. The number of amides is 1. The van der Waals surface area contributed by atoms with Crippen LogP contribution in [0, 0.1) is 0 Å². The van der Waals surface area contributed by atoms with E-state index in [-0.39, 0.29) is 34.3 Å². The summed E-state index contributed by atoms with van der Waals surface area (Å²) in [6.07, 6.45) is 1.61. The second-order valence-corrected chi connectivity index (χ2v) is 9.13. The minimum Gasteiger partial charge on any atom is -0.364 e. The molecule has 5 rings (SSSR count). The molecule has 168 valence electrons. The number of pyridine rings is 3. The van der Waals surface area contributed by atoms with Crippen LogP contribution in [0.2, 0.25) is 0 Å². The number of rotatable bonds is 3. The second-order valence-electron chi connectivity index (χ2n) is 8.33. The summed E-state index contributed by atoms with van der Waals surface area (Å²) in [5.41, 5.74) is 7.82. The Kier molecular flexibility index (Phi) is 5.23. The molecule has 3 N–H and O–H groups in total. The first kappa shape index (κ1) is 21.6. The number of alkyl halides is 2. The van der Waals surface area contributed by atoms with E-state index >= 15 is 0 Å². The summed E-state index contributed by atoms with van der Waals surface area (Å²) in [4.78, 5) is 37.1. The Morgan fingerprint density at radius 1 is 1.18 bits per heavy atom. The Morgan fingerprint density at radius 3 is 2.64 bits per heavy atom. The van der Waals surface area contributed by atoms with Gasteiger partial charge >= 0.3 is 0 Å². The standard InChI is InChI=1S/C24H19BrF2N4O2/c25-18-20(31-16-7-10-29-21(23(28)33)17(16)22(18)32)14-11-13-3-1-2-4-15(13)30-19(14)12-5-8-24(26,27)9-6-12/h1-4,7,10-12H,5-6,8-9H2,(H2,28,33)(H,31,32). The Morgan fingerprint density at radius 2 is 1.91 bits per heavy atom. The molecule has 0 unspecified atom stereocenters. The highest BCUT2D eigenvalue weighted by Crippen LogP contribution is 2.44. The summed E-state index contributed by atoms with van der Waals surface area (Å²) in [5.74, 6) is -3.64. The molecule has 0 aliphatic heterocycles. The number of H-pyrrole nitrogens is 1. The van der Waals surface area contributed by atoms with Crippen molar-refractivity contribution in [3.05, 3.63) is 68.7 Å². The molecule has 1 aliphatic rings. The van der Waals surface area contributed by atoms with E-state index in [0.29, 0.717) is 35.3 Å². The van der Waals surface area contributed by atoms with Gasteiger partial charge in [0.15, 0.2) is 0 Å². The van der Waals surface area contributed by atoms with Crippen molar-refractivity contribution in [1.82, 2.24) is 15.0 Å². The number of hydrogen-bond donors (Lipinski definition) is 2. The third kappa shape index (κ3) is 3.80. The van der Waals surface area contributed by atoms with E-state index in [2.05, 4.69) is 25.9 Å². The van der Waals surface area contributed by atoms with Gasteiger partial charge in [-0.1, -0.05) is 18.2 Å². The molecular weight excluding hydrogens is 494 g/mol. The number of halogens is 3. The number of fused-ring (bicyclic) bond motifs is 2. The van der Waals surface area contributed by atoms with Gasteiger partial charge in [0, 0.05) is 35.9 Å². The average Bonchev–Trinajstić information content (AvgIpc) is 2.80. The minimum absolute atomic E-state index is 0.0910. The number of para-hydroxylation sites is 1. The summed E-state index contributed by atoms with van der Waals surface area (Å²) >= 11 is 3.39. The summed E-state index contributed by atoms with van der Waals surface area (Å²) < 4.78 is 27.9. The smallest absolute Gasteiger partial charge is 0.268 e. The van der Waals surface area contributed by atoms with E-state index in [1.807, 2.05) is 30.3 Å². The quantitative estimate of drug-likeness (QED) is 0.389. The fourth-order valence-electron chi connectivity index (χ4n) is 4.54. The molecule has 1 aliphatic carbocycles. The van der Waals surface area contributed by atoms with Crippen LogP contribution in [0.3, 0.4) is 0 Å². The van der Waals surface area contributed by atoms with Crippen LogP contribution in [0.5, 0.6) is 0 Å². The van der Waals surface area contributed by atoms with E-state index in [1.54, 1.807) is 6.07 Å². The lowest BCUT2D eigenvalue weighted by Crippen LogP contribution is -2.24. The van der Waals surface area contributed by atoms with Gasteiger partial charge in [-0.3, -0.25) is 19.6 Å². The molecule has 1 amide bonds. The third-order valence-corrected chi connectivity index (χ3v) is 6.97. The molecule has 1 saturated carbocycles. The van der Waals surface area contributed by atoms with Crippen LogP contribution in [0.4, 0.5) is 8.78 Å². The third-order valence-electron chi connectivity index (χ3n) is 6.22. The Labute approximate surface area is 195 Å². The summed E-state index contributed by atoms with van der Waals surface area (Å²) in [7, 11) is 0. The van der Waals surface area contributed by atoms with Gasteiger partial charge in [0.1, 0.15) is 5.69 Å². The van der Waals surface area contributed by atoms with Crippen molar-refractivity contribution >= 4 is 43.6 Å². The number of nitrogens with two attached hydrogens (primary N) is 1. The maximum Gasteiger partial charge on any atom is 0.268 e. The lowest BCUT2D eigenvalue weighted by Gasteiger charge is -2.29. The zero-order valence-electron chi connectivity index (χ0n) is 17.4. The number of carbonyl (C=O) groups excluding carboxylic acids is 1.